The minimum absolute atomic E-state index is 0.432. The van der Waals surface area contributed by atoms with Gasteiger partial charge in [0.15, 0.2) is 0 Å². The van der Waals surface area contributed by atoms with E-state index >= 15 is 0 Å². The van der Waals surface area contributed by atoms with Crippen LogP contribution < -0.4 is 4.74 Å². The van der Waals surface area contributed by atoms with Crippen LogP contribution in [0, 0.1) is 0 Å². The van der Waals surface area contributed by atoms with Crippen molar-refractivity contribution in [2.75, 3.05) is 0 Å². The Labute approximate surface area is 155 Å². The molecule has 3 heteroatoms. The van der Waals surface area contributed by atoms with E-state index in [1.165, 1.54) is 75.8 Å². The van der Waals surface area contributed by atoms with Gasteiger partial charge in [-0.25, -0.2) is 4.79 Å². The molecule has 2 nitrogen and oxygen atoms in total. The highest BCUT2D eigenvalue weighted by Crippen LogP contribution is 2.27. The molecule has 0 saturated carbocycles. The van der Waals surface area contributed by atoms with Crippen molar-refractivity contribution in [3.05, 3.63) is 40.9 Å². The molecule has 1 aromatic carbocycles. The fraction of sp³-hybridized carbons (Fsp3) is 0.571. The van der Waals surface area contributed by atoms with Gasteiger partial charge in [0.25, 0.3) is 0 Å². The van der Waals surface area contributed by atoms with Crippen molar-refractivity contribution < 1.29 is 9.53 Å². The molecule has 0 saturated heterocycles. The molecule has 0 atom stereocenters. The van der Waals surface area contributed by atoms with Gasteiger partial charge in [0.1, 0.15) is 5.75 Å². The number of benzene rings is 1. The van der Waals surface area contributed by atoms with Crippen molar-refractivity contribution in [2.24, 2.45) is 0 Å². The van der Waals surface area contributed by atoms with Gasteiger partial charge in [-0.15, -0.1) is 0 Å². The third kappa shape index (κ3) is 9.27. The van der Waals surface area contributed by atoms with E-state index in [1.807, 2.05) is 18.2 Å². The van der Waals surface area contributed by atoms with Crippen molar-refractivity contribution in [3.8, 4) is 5.75 Å². The van der Waals surface area contributed by atoms with Crippen molar-refractivity contribution in [2.45, 2.75) is 77.6 Å². The normalized spacial score (nSPS) is 10.6. The topological polar surface area (TPSA) is 26.3 Å². The molecule has 0 aliphatic heterocycles. The molecule has 1 rings (SSSR count). The Kier molecular flexibility index (Phi) is 11.5. The van der Waals surface area contributed by atoms with E-state index in [4.69, 9.17) is 4.74 Å². The molecule has 24 heavy (non-hydrogen) atoms. The maximum absolute atomic E-state index is 11.2. The minimum atomic E-state index is -0.432. The van der Waals surface area contributed by atoms with Crippen LogP contribution >= 0.6 is 15.9 Å². The third-order valence-electron chi connectivity index (χ3n) is 4.19. The molecule has 0 amide bonds. The number of ether oxygens (including phenoxy) is 1. The lowest BCUT2D eigenvalue weighted by molar-refractivity contribution is -0.129. The summed E-state index contributed by atoms with van der Waals surface area (Å²) in [7, 11) is 0. The Balaban J connectivity index is 2.14. The fourth-order valence-corrected chi connectivity index (χ4v) is 3.26. The number of unbranched alkanes of at least 4 members (excludes halogenated alkanes) is 9. The standard InChI is InChI=1S/C21H31BrO2/c1-3-5-6-7-8-9-10-11-12-13-14-18-15-16-20(19(22)17-18)24-21(23)4-2/h4,15-17H,2-3,5-14H2,1H3. The van der Waals surface area contributed by atoms with Gasteiger partial charge in [-0.3, -0.25) is 0 Å². The van der Waals surface area contributed by atoms with Crippen LogP contribution in [-0.4, -0.2) is 5.97 Å². The SMILES string of the molecule is C=CC(=O)Oc1ccc(CCCCCCCCCCCC)cc1Br. The second-order valence-electron chi connectivity index (χ2n) is 6.32. The summed E-state index contributed by atoms with van der Waals surface area (Å²) in [5.41, 5.74) is 1.28. The Hall–Kier alpha value is -1.09. The molecule has 0 fully saturated rings. The molecule has 0 spiro atoms. The predicted octanol–water partition coefficient (Wildman–Crippen LogP) is 7.00. The lowest BCUT2D eigenvalue weighted by atomic mass is 10.0. The van der Waals surface area contributed by atoms with Gasteiger partial charge >= 0.3 is 5.97 Å². The molecule has 0 unspecified atom stereocenters. The van der Waals surface area contributed by atoms with Gasteiger partial charge in [0.2, 0.25) is 0 Å². The Morgan fingerprint density at radius 1 is 1.04 bits per heavy atom. The van der Waals surface area contributed by atoms with Crippen LogP contribution in [0.4, 0.5) is 0 Å². The number of hydrogen-bond donors (Lipinski definition) is 0. The number of hydrogen-bond acceptors (Lipinski definition) is 2. The lowest BCUT2D eigenvalue weighted by Crippen LogP contribution is -2.03. The summed E-state index contributed by atoms with van der Waals surface area (Å²) in [6.45, 7) is 5.67. The summed E-state index contributed by atoms with van der Waals surface area (Å²) in [6.07, 6.45) is 15.8. The molecule has 134 valence electrons. The molecule has 0 aliphatic rings. The molecule has 0 radical (unpaired) electrons. The van der Waals surface area contributed by atoms with Gasteiger partial charge in [0.05, 0.1) is 4.47 Å². The molecule has 0 aliphatic carbocycles. The molecule has 0 heterocycles. The summed E-state index contributed by atoms with van der Waals surface area (Å²) in [5, 5.41) is 0. The quantitative estimate of drug-likeness (QED) is 0.155. The second kappa shape index (κ2) is 13.2. The first-order valence-electron chi connectivity index (χ1n) is 9.30. The van der Waals surface area contributed by atoms with Gasteiger partial charge in [0, 0.05) is 6.08 Å². The summed E-state index contributed by atoms with van der Waals surface area (Å²) >= 11 is 3.46. The highest BCUT2D eigenvalue weighted by atomic mass is 79.9. The molecular weight excluding hydrogens is 364 g/mol. The zero-order chi connectivity index (χ0) is 17.6. The first-order chi connectivity index (χ1) is 11.7. The van der Waals surface area contributed by atoms with Crippen LogP contribution in [0.2, 0.25) is 0 Å². The monoisotopic (exact) mass is 394 g/mol. The van der Waals surface area contributed by atoms with Crippen LogP contribution in [0.15, 0.2) is 35.3 Å². The van der Waals surface area contributed by atoms with E-state index in [0.717, 1.165) is 10.9 Å². The zero-order valence-corrected chi connectivity index (χ0v) is 16.6. The molecule has 1 aromatic rings. The Bertz CT molecular complexity index is 497. The van der Waals surface area contributed by atoms with Crippen LogP contribution in [0.3, 0.4) is 0 Å². The molecule has 0 aromatic heterocycles. The Morgan fingerprint density at radius 2 is 1.62 bits per heavy atom. The van der Waals surface area contributed by atoms with Crippen molar-refractivity contribution in [1.82, 2.24) is 0 Å². The van der Waals surface area contributed by atoms with Crippen LogP contribution in [0.25, 0.3) is 0 Å². The number of rotatable bonds is 13. The highest BCUT2D eigenvalue weighted by molar-refractivity contribution is 9.10. The van der Waals surface area contributed by atoms with E-state index in [-0.39, 0.29) is 0 Å². The van der Waals surface area contributed by atoms with E-state index in [9.17, 15) is 4.79 Å². The minimum Gasteiger partial charge on any atom is -0.422 e. The second-order valence-corrected chi connectivity index (χ2v) is 7.18. The smallest absolute Gasteiger partial charge is 0.335 e. The van der Waals surface area contributed by atoms with Gasteiger partial charge in [-0.2, -0.15) is 0 Å². The number of aryl methyl sites for hydroxylation is 1. The molecule has 0 N–H and O–H groups in total. The predicted molar refractivity (Wildman–Crippen MR) is 106 cm³/mol. The van der Waals surface area contributed by atoms with Crippen LogP contribution in [0.5, 0.6) is 5.75 Å². The maximum atomic E-state index is 11.2. The third-order valence-corrected chi connectivity index (χ3v) is 4.81. The van der Waals surface area contributed by atoms with Crippen LogP contribution in [0.1, 0.15) is 76.7 Å². The highest BCUT2D eigenvalue weighted by Gasteiger charge is 2.06. The van der Waals surface area contributed by atoms with E-state index in [0.29, 0.717) is 5.75 Å². The number of halogens is 1. The first kappa shape index (κ1) is 21.0. The van der Waals surface area contributed by atoms with Gasteiger partial charge in [-0.05, 0) is 46.5 Å². The van der Waals surface area contributed by atoms with E-state index in [2.05, 4.69) is 29.4 Å². The summed E-state index contributed by atoms with van der Waals surface area (Å²) in [4.78, 5) is 11.2. The zero-order valence-electron chi connectivity index (χ0n) is 15.0. The number of esters is 1. The van der Waals surface area contributed by atoms with Gasteiger partial charge < -0.3 is 4.74 Å². The number of carbonyl (C=O) groups excluding carboxylic acids is 1. The van der Waals surface area contributed by atoms with Gasteiger partial charge in [-0.1, -0.05) is 77.4 Å². The van der Waals surface area contributed by atoms with Crippen molar-refractivity contribution in [3.63, 3.8) is 0 Å². The Morgan fingerprint density at radius 3 is 2.17 bits per heavy atom. The van der Waals surface area contributed by atoms with E-state index in [1.54, 1.807) is 0 Å². The van der Waals surface area contributed by atoms with Crippen molar-refractivity contribution >= 4 is 21.9 Å². The average molecular weight is 395 g/mol. The van der Waals surface area contributed by atoms with Crippen molar-refractivity contribution in [1.29, 1.82) is 0 Å². The molecule has 0 bridgehead atoms. The fourth-order valence-electron chi connectivity index (χ4n) is 2.75. The largest absolute Gasteiger partial charge is 0.422 e. The van der Waals surface area contributed by atoms with E-state index < -0.39 is 5.97 Å². The first-order valence-corrected chi connectivity index (χ1v) is 10.1. The summed E-state index contributed by atoms with van der Waals surface area (Å²) in [5.74, 6) is 0.116. The van der Waals surface area contributed by atoms with Crippen LogP contribution in [-0.2, 0) is 11.2 Å². The summed E-state index contributed by atoms with van der Waals surface area (Å²) in [6, 6.07) is 5.92. The number of carbonyl (C=O) groups is 1. The summed E-state index contributed by atoms with van der Waals surface area (Å²) < 4.78 is 5.97. The molecular formula is C21H31BrO2. The lowest BCUT2D eigenvalue weighted by Gasteiger charge is -2.07. The maximum Gasteiger partial charge on any atom is 0.335 e. The average Bonchev–Trinajstić information content (AvgIpc) is 2.58.